The zero-order valence-corrected chi connectivity index (χ0v) is 12.9. The zero-order chi connectivity index (χ0) is 15.9. The van der Waals surface area contributed by atoms with E-state index in [9.17, 15) is 18.1 Å². The maximum Gasteiger partial charge on any atom is 0.183 e. The molecule has 3 rings (SSSR count). The highest BCUT2D eigenvalue weighted by Crippen LogP contribution is 2.53. The first-order valence-corrected chi connectivity index (χ1v) is 8.52. The number of hydrogen-bond donors (Lipinski definition) is 0. The molecule has 3 nitrogen and oxygen atoms in total. The number of benzene rings is 2. The number of halogens is 2. The Balaban J connectivity index is 1.95. The van der Waals surface area contributed by atoms with Gasteiger partial charge in [-0.05, 0) is 42.0 Å². The van der Waals surface area contributed by atoms with E-state index in [0.717, 1.165) is 0 Å². The quantitative estimate of drug-likeness (QED) is 0.861. The highest BCUT2D eigenvalue weighted by Gasteiger charge is 2.59. The third-order valence-electron chi connectivity index (χ3n) is 3.86. The van der Waals surface area contributed by atoms with Crippen molar-refractivity contribution in [3.05, 3.63) is 64.9 Å². The van der Waals surface area contributed by atoms with Crippen molar-refractivity contribution in [1.82, 2.24) is 0 Å². The molecule has 3 atom stereocenters. The Hall–Kier alpha value is -1.90. The number of sulfone groups is 1. The third kappa shape index (κ3) is 2.49. The lowest BCUT2D eigenvalue weighted by Crippen LogP contribution is -2.10. The standard InChI is InChI=1S/C16H11ClFNO2S/c17-11-3-7-13(8-4-11)22(20,21)16-14(9-19)15(16)10-1-5-12(18)6-2-10/h1-8,14-16H/t14-,15-,16+/m1/s1. The predicted octanol–water partition coefficient (Wildman–Crippen LogP) is 3.56. The average molecular weight is 336 g/mol. The number of rotatable bonds is 3. The lowest BCUT2D eigenvalue weighted by Gasteiger charge is -2.04. The molecule has 0 amide bonds. The summed E-state index contributed by atoms with van der Waals surface area (Å²) in [6, 6.07) is 13.5. The van der Waals surface area contributed by atoms with Crippen LogP contribution in [0.5, 0.6) is 0 Å². The van der Waals surface area contributed by atoms with Crippen LogP contribution in [0.1, 0.15) is 11.5 Å². The van der Waals surface area contributed by atoms with Crippen LogP contribution in [0.25, 0.3) is 0 Å². The van der Waals surface area contributed by atoms with Crippen LogP contribution in [0.2, 0.25) is 5.02 Å². The summed E-state index contributed by atoms with van der Waals surface area (Å²) >= 11 is 5.77. The maximum atomic E-state index is 13.0. The summed E-state index contributed by atoms with van der Waals surface area (Å²) in [7, 11) is -3.63. The minimum absolute atomic E-state index is 0.145. The van der Waals surface area contributed by atoms with Gasteiger partial charge in [-0.3, -0.25) is 0 Å². The van der Waals surface area contributed by atoms with Gasteiger partial charge in [-0.2, -0.15) is 5.26 Å². The Morgan fingerprint density at radius 3 is 2.18 bits per heavy atom. The summed E-state index contributed by atoms with van der Waals surface area (Å²) in [5.74, 6) is -1.44. The molecule has 112 valence electrons. The molecular formula is C16H11ClFNO2S. The molecular weight excluding hydrogens is 325 g/mol. The van der Waals surface area contributed by atoms with Crippen molar-refractivity contribution in [3.8, 4) is 6.07 Å². The lowest BCUT2D eigenvalue weighted by molar-refractivity contribution is 0.593. The van der Waals surface area contributed by atoms with Crippen molar-refractivity contribution in [2.24, 2.45) is 5.92 Å². The van der Waals surface area contributed by atoms with E-state index in [-0.39, 0.29) is 4.90 Å². The van der Waals surface area contributed by atoms with Crippen LogP contribution < -0.4 is 0 Å². The maximum absolute atomic E-state index is 13.0. The molecule has 2 aromatic carbocycles. The molecule has 1 aliphatic carbocycles. The molecule has 1 saturated carbocycles. The Morgan fingerprint density at radius 1 is 1.05 bits per heavy atom. The first kappa shape index (κ1) is 15.0. The van der Waals surface area contributed by atoms with E-state index in [2.05, 4.69) is 0 Å². The monoisotopic (exact) mass is 335 g/mol. The Bertz CT molecular complexity index is 841. The highest BCUT2D eigenvalue weighted by atomic mass is 35.5. The van der Waals surface area contributed by atoms with Crippen molar-refractivity contribution in [2.45, 2.75) is 16.1 Å². The Kier molecular flexibility index (Phi) is 3.67. The summed E-state index contributed by atoms with van der Waals surface area (Å²) in [5.41, 5.74) is 0.662. The molecule has 2 aromatic rings. The average Bonchev–Trinajstić information content (AvgIpc) is 3.24. The van der Waals surface area contributed by atoms with E-state index in [1.165, 1.54) is 48.5 Å². The molecule has 1 aliphatic rings. The minimum atomic E-state index is -3.63. The van der Waals surface area contributed by atoms with Gasteiger partial charge in [0, 0.05) is 10.9 Å². The van der Waals surface area contributed by atoms with E-state index in [1.54, 1.807) is 0 Å². The van der Waals surface area contributed by atoms with Crippen LogP contribution in [0.15, 0.2) is 53.4 Å². The van der Waals surface area contributed by atoms with Crippen molar-refractivity contribution in [3.63, 3.8) is 0 Å². The largest absolute Gasteiger partial charge is 0.223 e. The summed E-state index contributed by atoms with van der Waals surface area (Å²) < 4.78 is 38.3. The smallest absolute Gasteiger partial charge is 0.183 e. The molecule has 22 heavy (non-hydrogen) atoms. The number of nitriles is 1. The summed E-state index contributed by atoms with van der Waals surface area (Å²) in [5, 5.41) is 8.85. The van der Waals surface area contributed by atoms with E-state index < -0.39 is 32.7 Å². The molecule has 0 saturated heterocycles. The number of hydrogen-bond acceptors (Lipinski definition) is 3. The molecule has 6 heteroatoms. The normalized spacial score (nSPS) is 23.8. The first-order chi connectivity index (χ1) is 10.4. The predicted molar refractivity (Wildman–Crippen MR) is 80.7 cm³/mol. The molecule has 0 aliphatic heterocycles. The van der Waals surface area contributed by atoms with Gasteiger partial charge in [0.2, 0.25) is 0 Å². The second-order valence-corrected chi connectivity index (χ2v) is 7.74. The molecule has 0 bridgehead atoms. The van der Waals surface area contributed by atoms with Crippen LogP contribution in [0, 0.1) is 23.1 Å². The third-order valence-corrected chi connectivity index (χ3v) is 6.34. The number of nitrogens with zero attached hydrogens (tertiary/aromatic N) is 1. The summed E-state index contributed by atoms with van der Waals surface area (Å²) in [6.07, 6.45) is 0. The Morgan fingerprint density at radius 2 is 1.64 bits per heavy atom. The van der Waals surface area contributed by atoms with Gasteiger partial charge in [0.15, 0.2) is 9.84 Å². The van der Waals surface area contributed by atoms with Gasteiger partial charge in [0.1, 0.15) is 5.82 Å². The van der Waals surface area contributed by atoms with Crippen LogP contribution in [-0.4, -0.2) is 13.7 Å². The van der Waals surface area contributed by atoms with E-state index in [1.807, 2.05) is 6.07 Å². The second-order valence-electron chi connectivity index (χ2n) is 5.20. The van der Waals surface area contributed by atoms with Gasteiger partial charge in [0.05, 0.1) is 22.1 Å². The lowest BCUT2D eigenvalue weighted by atomic mass is 10.1. The van der Waals surface area contributed by atoms with Crippen molar-refractivity contribution in [1.29, 1.82) is 5.26 Å². The fourth-order valence-electron chi connectivity index (χ4n) is 2.69. The van der Waals surface area contributed by atoms with E-state index >= 15 is 0 Å². The van der Waals surface area contributed by atoms with Gasteiger partial charge in [-0.1, -0.05) is 23.7 Å². The fourth-order valence-corrected chi connectivity index (χ4v) is 4.88. The molecule has 0 heterocycles. The van der Waals surface area contributed by atoms with Crippen molar-refractivity contribution in [2.75, 3.05) is 0 Å². The molecule has 0 aromatic heterocycles. The van der Waals surface area contributed by atoms with Crippen LogP contribution >= 0.6 is 11.6 Å². The van der Waals surface area contributed by atoms with Crippen molar-refractivity contribution >= 4 is 21.4 Å². The molecule has 0 spiro atoms. The van der Waals surface area contributed by atoms with E-state index in [4.69, 9.17) is 11.6 Å². The second kappa shape index (κ2) is 5.38. The van der Waals surface area contributed by atoms with E-state index in [0.29, 0.717) is 10.6 Å². The van der Waals surface area contributed by atoms with Gasteiger partial charge in [0.25, 0.3) is 0 Å². The van der Waals surface area contributed by atoms with Crippen molar-refractivity contribution < 1.29 is 12.8 Å². The van der Waals surface area contributed by atoms with Gasteiger partial charge >= 0.3 is 0 Å². The van der Waals surface area contributed by atoms with Crippen LogP contribution in [0.4, 0.5) is 4.39 Å². The van der Waals surface area contributed by atoms with Gasteiger partial charge in [-0.25, -0.2) is 12.8 Å². The topological polar surface area (TPSA) is 57.9 Å². The molecule has 0 radical (unpaired) electrons. The van der Waals surface area contributed by atoms with Crippen LogP contribution in [0.3, 0.4) is 0 Å². The fraction of sp³-hybridized carbons (Fsp3) is 0.188. The summed E-state index contributed by atoms with van der Waals surface area (Å²) in [4.78, 5) is 0.145. The summed E-state index contributed by atoms with van der Waals surface area (Å²) in [6.45, 7) is 0. The minimum Gasteiger partial charge on any atom is -0.223 e. The first-order valence-electron chi connectivity index (χ1n) is 6.59. The van der Waals surface area contributed by atoms with Crippen LogP contribution in [-0.2, 0) is 9.84 Å². The molecule has 0 unspecified atom stereocenters. The highest BCUT2D eigenvalue weighted by molar-refractivity contribution is 7.92. The van der Waals surface area contributed by atoms with Gasteiger partial charge in [-0.15, -0.1) is 0 Å². The molecule has 1 fully saturated rings. The Labute approximate surface area is 132 Å². The van der Waals surface area contributed by atoms with Gasteiger partial charge < -0.3 is 0 Å². The SMILES string of the molecule is N#C[C@@H]1[C@@H](c2ccc(F)cc2)[C@H]1S(=O)(=O)c1ccc(Cl)cc1. The molecule has 0 N–H and O–H groups in total. The zero-order valence-electron chi connectivity index (χ0n) is 11.3.